The Labute approximate surface area is 168 Å². The van der Waals surface area contributed by atoms with E-state index in [0.717, 1.165) is 0 Å². The number of hydrogen-bond acceptors (Lipinski definition) is 8. The summed E-state index contributed by atoms with van der Waals surface area (Å²) in [7, 11) is -3.65. The van der Waals surface area contributed by atoms with Gasteiger partial charge in [-0.1, -0.05) is 5.16 Å². The van der Waals surface area contributed by atoms with E-state index in [-0.39, 0.29) is 17.3 Å². The fourth-order valence-electron chi connectivity index (χ4n) is 3.27. The number of nitrogens with zero attached hydrogens (tertiary/aromatic N) is 3. The minimum Gasteiger partial charge on any atom is -0.486 e. The van der Waals surface area contributed by atoms with Crippen LogP contribution in [0.2, 0.25) is 0 Å². The summed E-state index contributed by atoms with van der Waals surface area (Å²) in [5, 5.41) is 6.39. The minimum absolute atomic E-state index is 0.157. The Morgan fingerprint density at radius 3 is 2.52 bits per heavy atom. The van der Waals surface area contributed by atoms with E-state index in [9.17, 15) is 13.2 Å². The zero-order valence-corrected chi connectivity index (χ0v) is 16.8. The molecule has 0 radical (unpaired) electrons. The van der Waals surface area contributed by atoms with Gasteiger partial charge in [0.1, 0.15) is 19.0 Å². The molecule has 1 fully saturated rings. The molecule has 2 aliphatic heterocycles. The monoisotopic (exact) mass is 422 g/mol. The Balaban J connectivity index is 1.34. The minimum atomic E-state index is -3.65. The van der Waals surface area contributed by atoms with E-state index in [4.69, 9.17) is 14.0 Å². The largest absolute Gasteiger partial charge is 0.486 e. The third kappa shape index (κ3) is 4.36. The zero-order valence-electron chi connectivity index (χ0n) is 16.0. The third-order valence-electron chi connectivity index (χ3n) is 4.75. The number of carbonyl (C=O) groups excluding carboxylic acids is 1. The maximum absolute atomic E-state index is 13.0. The van der Waals surface area contributed by atoms with Crippen molar-refractivity contribution in [1.82, 2.24) is 14.4 Å². The lowest BCUT2D eigenvalue weighted by Crippen LogP contribution is -2.50. The van der Waals surface area contributed by atoms with Crippen molar-refractivity contribution in [2.75, 3.05) is 51.3 Å². The highest BCUT2D eigenvalue weighted by atomic mass is 32.2. The van der Waals surface area contributed by atoms with Crippen molar-refractivity contribution in [2.24, 2.45) is 0 Å². The molecule has 0 atom stereocenters. The van der Waals surface area contributed by atoms with Crippen molar-refractivity contribution in [3.63, 3.8) is 0 Å². The van der Waals surface area contributed by atoms with Crippen molar-refractivity contribution in [3.05, 3.63) is 30.0 Å². The Bertz CT molecular complexity index is 998. The van der Waals surface area contributed by atoms with Gasteiger partial charge < -0.3 is 19.3 Å². The van der Waals surface area contributed by atoms with Crippen LogP contribution in [0.3, 0.4) is 0 Å². The molecule has 3 heterocycles. The van der Waals surface area contributed by atoms with Crippen LogP contribution >= 0.6 is 0 Å². The van der Waals surface area contributed by atoms with Gasteiger partial charge in [0.2, 0.25) is 15.9 Å². The summed E-state index contributed by atoms with van der Waals surface area (Å²) in [6.45, 7) is 4.24. The van der Waals surface area contributed by atoms with Gasteiger partial charge in [-0.05, 0) is 19.1 Å². The fraction of sp³-hybridized carbons (Fsp3) is 0.444. The predicted molar refractivity (Wildman–Crippen MR) is 103 cm³/mol. The molecule has 1 aromatic carbocycles. The van der Waals surface area contributed by atoms with Crippen molar-refractivity contribution in [3.8, 4) is 11.5 Å². The number of sulfonamides is 1. The summed E-state index contributed by atoms with van der Waals surface area (Å²) in [4.78, 5) is 14.2. The maximum atomic E-state index is 13.0. The van der Waals surface area contributed by atoms with E-state index >= 15 is 0 Å². The normalized spacial score (nSPS) is 17.8. The van der Waals surface area contributed by atoms with Crippen LogP contribution in [0, 0.1) is 6.92 Å². The van der Waals surface area contributed by atoms with E-state index in [2.05, 4.69) is 10.5 Å². The standard InChI is InChI=1S/C18H22N4O6S/c1-13-10-17(20-28-13)19-18(23)12-21-4-6-22(7-5-21)29(24,25)14-2-3-15-16(11-14)27-9-8-26-15/h2-3,10-11H,4-9,12H2,1H3,(H,19,20,23). The molecule has 2 aliphatic rings. The first-order valence-electron chi connectivity index (χ1n) is 9.27. The number of aromatic nitrogens is 1. The molecular weight excluding hydrogens is 400 g/mol. The predicted octanol–water partition coefficient (Wildman–Crippen LogP) is 0.699. The smallest absolute Gasteiger partial charge is 0.243 e. The van der Waals surface area contributed by atoms with E-state index < -0.39 is 10.0 Å². The van der Waals surface area contributed by atoms with Gasteiger partial charge in [0.05, 0.1) is 11.4 Å². The lowest BCUT2D eigenvalue weighted by Gasteiger charge is -2.33. The summed E-state index contributed by atoms with van der Waals surface area (Å²) in [5.74, 6) is 1.75. The molecule has 1 saturated heterocycles. The Morgan fingerprint density at radius 2 is 1.83 bits per heavy atom. The molecule has 0 spiro atoms. The van der Waals surface area contributed by atoms with Gasteiger partial charge in [0.25, 0.3) is 0 Å². The van der Waals surface area contributed by atoms with Crippen LogP contribution in [0.15, 0.2) is 33.7 Å². The van der Waals surface area contributed by atoms with E-state index in [1.165, 1.54) is 16.4 Å². The summed E-state index contributed by atoms with van der Waals surface area (Å²) in [5.41, 5.74) is 0. The Kier molecular flexibility index (Phi) is 5.43. The second-order valence-electron chi connectivity index (χ2n) is 6.86. The van der Waals surface area contributed by atoms with Gasteiger partial charge >= 0.3 is 0 Å². The van der Waals surface area contributed by atoms with E-state index in [0.29, 0.717) is 62.5 Å². The topological polar surface area (TPSA) is 114 Å². The second kappa shape index (κ2) is 8.01. The highest BCUT2D eigenvalue weighted by molar-refractivity contribution is 7.89. The van der Waals surface area contributed by atoms with Gasteiger partial charge in [-0.3, -0.25) is 9.69 Å². The van der Waals surface area contributed by atoms with Crippen LogP contribution in [-0.2, 0) is 14.8 Å². The molecule has 1 N–H and O–H groups in total. The molecule has 0 unspecified atom stereocenters. The van der Waals surface area contributed by atoms with Crippen LogP contribution < -0.4 is 14.8 Å². The van der Waals surface area contributed by atoms with E-state index in [1.54, 1.807) is 19.1 Å². The number of rotatable bonds is 5. The van der Waals surface area contributed by atoms with Crippen LogP contribution in [0.1, 0.15) is 5.76 Å². The van der Waals surface area contributed by atoms with Gasteiger partial charge in [-0.15, -0.1) is 0 Å². The number of nitrogens with one attached hydrogen (secondary N) is 1. The fourth-order valence-corrected chi connectivity index (χ4v) is 4.71. The molecule has 29 heavy (non-hydrogen) atoms. The van der Waals surface area contributed by atoms with Gasteiger partial charge in [0, 0.05) is 38.3 Å². The average molecular weight is 422 g/mol. The summed E-state index contributed by atoms with van der Waals surface area (Å²) >= 11 is 0. The first-order valence-corrected chi connectivity index (χ1v) is 10.7. The highest BCUT2D eigenvalue weighted by Crippen LogP contribution is 2.33. The summed E-state index contributed by atoms with van der Waals surface area (Å²) in [6.07, 6.45) is 0. The Morgan fingerprint density at radius 1 is 1.10 bits per heavy atom. The van der Waals surface area contributed by atoms with Crippen molar-refractivity contribution in [1.29, 1.82) is 0 Å². The van der Waals surface area contributed by atoms with Crippen molar-refractivity contribution < 1.29 is 27.2 Å². The van der Waals surface area contributed by atoms with Crippen LogP contribution in [0.5, 0.6) is 11.5 Å². The molecule has 10 nitrogen and oxygen atoms in total. The third-order valence-corrected chi connectivity index (χ3v) is 6.64. The molecule has 1 aromatic heterocycles. The van der Waals surface area contributed by atoms with Crippen LogP contribution in [0.25, 0.3) is 0 Å². The average Bonchev–Trinajstić information content (AvgIpc) is 3.12. The molecule has 1 amide bonds. The molecule has 4 rings (SSSR count). The van der Waals surface area contributed by atoms with E-state index in [1.807, 2.05) is 4.90 Å². The molecule has 156 valence electrons. The lowest BCUT2D eigenvalue weighted by molar-refractivity contribution is -0.117. The zero-order chi connectivity index (χ0) is 20.4. The van der Waals surface area contributed by atoms with Crippen molar-refractivity contribution in [2.45, 2.75) is 11.8 Å². The van der Waals surface area contributed by atoms with Crippen molar-refractivity contribution >= 4 is 21.7 Å². The first-order chi connectivity index (χ1) is 13.9. The lowest BCUT2D eigenvalue weighted by atomic mass is 10.3. The highest BCUT2D eigenvalue weighted by Gasteiger charge is 2.30. The molecular formula is C18H22N4O6S. The molecule has 0 saturated carbocycles. The Hall–Kier alpha value is -2.63. The number of anilines is 1. The van der Waals surface area contributed by atoms with Gasteiger partial charge in [0.15, 0.2) is 17.3 Å². The van der Waals surface area contributed by atoms with Crippen LogP contribution in [-0.4, -0.2) is 74.6 Å². The number of fused-ring (bicyclic) bond motifs is 1. The number of aryl methyl sites for hydroxylation is 1. The van der Waals surface area contributed by atoms with Gasteiger partial charge in [-0.25, -0.2) is 8.42 Å². The molecule has 11 heteroatoms. The molecule has 0 bridgehead atoms. The molecule has 0 aliphatic carbocycles. The first kappa shape index (κ1) is 19.7. The molecule has 2 aromatic rings. The quantitative estimate of drug-likeness (QED) is 0.749. The maximum Gasteiger partial charge on any atom is 0.243 e. The summed E-state index contributed by atoms with van der Waals surface area (Å²) < 4.78 is 43.2. The number of carbonyl (C=O) groups is 1. The second-order valence-corrected chi connectivity index (χ2v) is 8.79. The van der Waals surface area contributed by atoms with Crippen LogP contribution in [0.4, 0.5) is 5.82 Å². The number of piperazine rings is 1. The number of ether oxygens (including phenoxy) is 2. The van der Waals surface area contributed by atoms with Gasteiger partial charge in [-0.2, -0.15) is 4.31 Å². The number of benzene rings is 1. The number of amides is 1. The number of hydrogen-bond donors (Lipinski definition) is 1. The summed E-state index contributed by atoms with van der Waals surface area (Å²) in [6, 6.07) is 6.29. The SMILES string of the molecule is Cc1cc(NC(=O)CN2CCN(S(=O)(=O)c3ccc4c(c3)OCCO4)CC2)no1.